The minimum Gasteiger partial charge on any atom is -0.310 e. The van der Waals surface area contributed by atoms with E-state index in [9.17, 15) is 0 Å². The summed E-state index contributed by atoms with van der Waals surface area (Å²) in [6.07, 6.45) is 0. The highest BCUT2D eigenvalue weighted by atomic mass is 15.1. The fourth-order valence-corrected chi connectivity index (χ4v) is 7.19. The SMILES string of the molecule is c1ccc(-c2ccc(N(c3cccc(-c4ccc5c(ccc6ccccc65)c4)c3)c3cccc(-c4cccc5ccccc45)c3)cc2)cc1. The van der Waals surface area contributed by atoms with Crippen LogP contribution in [0.5, 0.6) is 0 Å². The average Bonchev–Trinajstić information content (AvgIpc) is 3.18. The van der Waals surface area contributed by atoms with Gasteiger partial charge in [0.25, 0.3) is 0 Å². The van der Waals surface area contributed by atoms with E-state index >= 15 is 0 Å². The van der Waals surface area contributed by atoms with Gasteiger partial charge in [0.05, 0.1) is 0 Å². The molecule has 0 atom stereocenters. The molecule has 0 aliphatic rings. The van der Waals surface area contributed by atoms with Crippen LogP contribution in [0, 0.1) is 0 Å². The van der Waals surface area contributed by atoms with Crippen LogP contribution in [0.4, 0.5) is 17.1 Å². The molecule has 1 nitrogen and oxygen atoms in total. The molecule has 0 saturated heterocycles. The number of anilines is 3. The van der Waals surface area contributed by atoms with Crippen LogP contribution in [0.15, 0.2) is 200 Å². The lowest BCUT2D eigenvalue weighted by Crippen LogP contribution is -2.10. The lowest BCUT2D eigenvalue weighted by Gasteiger charge is -2.27. The van der Waals surface area contributed by atoms with Gasteiger partial charge in [-0.25, -0.2) is 0 Å². The molecule has 0 saturated carbocycles. The molecule has 0 heterocycles. The molecule has 0 spiro atoms. The molecular formula is C48H33N. The molecule has 9 aromatic carbocycles. The van der Waals surface area contributed by atoms with Crippen molar-refractivity contribution in [3.05, 3.63) is 200 Å². The quantitative estimate of drug-likeness (QED) is 0.167. The maximum absolute atomic E-state index is 2.38. The van der Waals surface area contributed by atoms with Gasteiger partial charge in [-0.3, -0.25) is 0 Å². The molecular weight excluding hydrogens is 591 g/mol. The maximum Gasteiger partial charge on any atom is 0.0467 e. The van der Waals surface area contributed by atoms with E-state index < -0.39 is 0 Å². The molecule has 0 amide bonds. The van der Waals surface area contributed by atoms with Gasteiger partial charge in [-0.2, -0.15) is 0 Å². The van der Waals surface area contributed by atoms with Crippen molar-refractivity contribution in [1.29, 1.82) is 0 Å². The summed E-state index contributed by atoms with van der Waals surface area (Å²) in [6.45, 7) is 0. The highest BCUT2D eigenvalue weighted by Gasteiger charge is 2.16. The Bertz CT molecular complexity index is 2590. The fourth-order valence-electron chi connectivity index (χ4n) is 7.19. The van der Waals surface area contributed by atoms with E-state index in [1.165, 1.54) is 65.7 Å². The number of fused-ring (bicyclic) bond motifs is 4. The molecule has 0 aliphatic carbocycles. The number of benzene rings is 9. The highest BCUT2D eigenvalue weighted by Crippen LogP contribution is 2.40. The third-order valence-electron chi connectivity index (χ3n) is 9.62. The van der Waals surface area contributed by atoms with E-state index in [1.54, 1.807) is 0 Å². The van der Waals surface area contributed by atoms with Crippen LogP contribution in [0.1, 0.15) is 0 Å². The van der Waals surface area contributed by atoms with Crippen molar-refractivity contribution in [2.75, 3.05) is 4.90 Å². The van der Waals surface area contributed by atoms with Crippen molar-refractivity contribution >= 4 is 49.4 Å². The Labute approximate surface area is 287 Å². The van der Waals surface area contributed by atoms with E-state index in [0.717, 1.165) is 17.1 Å². The van der Waals surface area contributed by atoms with Gasteiger partial charge < -0.3 is 4.90 Å². The smallest absolute Gasteiger partial charge is 0.0467 e. The van der Waals surface area contributed by atoms with Crippen LogP contribution in [0.25, 0.3) is 65.7 Å². The summed E-state index contributed by atoms with van der Waals surface area (Å²) in [7, 11) is 0. The van der Waals surface area contributed by atoms with Gasteiger partial charge in [-0.05, 0) is 108 Å². The number of nitrogens with zero attached hydrogens (tertiary/aromatic N) is 1. The first-order valence-corrected chi connectivity index (χ1v) is 16.8. The van der Waals surface area contributed by atoms with Gasteiger partial charge in [0.1, 0.15) is 0 Å². The molecule has 49 heavy (non-hydrogen) atoms. The second kappa shape index (κ2) is 12.3. The van der Waals surface area contributed by atoms with Crippen molar-refractivity contribution in [1.82, 2.24) is 0 Å². The van der Waals surface area contributed by atoms with Gasteiger partial charge >= 0.3 is 0 Å². The van der Waals surface area contributed by atoms with Crippen LogP contribution in [0.2, 0.25) is 0 Å². The first kappa shape index (κ1) is 28.8. The average molecular weight is 624 g/mol. The van der Waals surface area contributed by atoms with Crippen LogP contribution >= 0.6 is 0 Å². The molecule has 0 radical (unpaired) electrons. The zero-order valence-electron chi connectivity index (χ0n) is 27.0. The summed E-state index contributed by atoms with van der Waals surface area (Å²) < 4.78 is 0. The highest BCUT2D eigenvalue weighted by molar-refractivity contribution is 6.08. The molecule has 0 fully saturated rings. The Kier molecular flexibility index (Phi) is 7.22. The van der Waals surface area contributed by atoms with Crippen molar-refractivity contribution < 1.29 is 0 Å². The number of hydrogen-bond donors (Lipinski definition) is 0. The van der Waals surface area contributed by atoms with Crippen LogP contribution in [-0.4, -0.2) is 0 Å². The second-order valence-electron chi connectivity index (χ2n) is 12.6. The predicted octanol–water partition coefficient (Wildman–Crippen LogP) is 13.6. The molecule has 0 bridgehead atoms. The van der Waals surface area contributed by atoms with E-state index in [2.05, 4.69) is 205 Å². The minimum atomic E-state index is 1.11. The summed E-state index contributed by atoms with van der Waals surface area (Å²) in [5.41, 5.74) is 10.6. The first-order chi connectivity index (χ1) is 24.3. The van der Waals surface area contributed by atoms with Crippen molar-refractivity contribution in [3.63, 3.8) is 0 Å². The molecule has 0 unspecified atom stereocenters. The monoisotopic (exact) mass is 623 g/mol. The van der Waals surface area contributed by atoms with Gasteiger partial charge in [0.15, 0.2) is 0 Å². The van der Waals surface area contributed by atoms with Crippen LogP contribution in [0.3, 0.4) is 0 Å². The van der Waals surface area contributed by atoms with Crippen molar-refractivity contribution in [3.8, 4) is 33.4 Å². The largest absolute Gasteiger partial charge is 0.310 e. The Morgan fingerprint density at radius 1 is 0.245 bits per heavy atom. The fraction of sp³-hybridized carbons (Fsp3) is 0. The molecule has 1 heteroatoms. The molecule has 0 aromatic heterocycles. The van der Waals surface area contributed by atoms with E-state index in [0.29, 0.717) is 0 Å². The lowest BCUT2D eigenvalue weighted by atomic mass is 9.96. The Hall–Kier alpha value is -6.44. The van der Waals surface area contributed by atoms with E-state index in [4.69, 9.17) is 0 Å². The Balaban J connectivity index is 1.17. The first-order valence-electron chi connectivity index (χ1n) is 16.8. The topological polar surface area (TPSA) is 3.24 Å². The summed E-state index contributed by atoms with van der Waals surface area (Å²) in [4.78, 5) is 2.38. The predicted molar refractivity (Wildman–Crippen MR) is 210 cm³/mol. The van der Waals surface area contributed by atoms with E-state index in [-0.39, 0.29) is 0 Å². The maximum atomic E-state index is 2.38. The van der Waals surface area contributed by atoms with Gasteiger partial charge in [-0.1, -0.05) is 158 Å². The summed E-state index contributed by atoms with van der Waals surface area (Å²) in [5, 5.41) is 7.59. The molecule has 0 aliphatic heterocycles. The zero-order chi connectivity index (χ0) is 32.6. The Morgan fingerprint density at radius 2 is 0.755 bits per heavy atom. The number of hydrogen-bond acceptors (Lipinski definition) is 1. The zero-order valence-corrected chi connectivity index (χ0v) is 27.0. The molecule has 0 N–H and O–H groups in total. The normalized spacial score (nSPS) is 11.3. The summed E-state index contributed by atoms with van der Waals surface area (Å²) >= 11 is 0. The Morgan fingerprint density at radius 3 is 1.55 bits per heavy atom. The van der Waals surface area contributed by atoms with Gasteiger partial charge in [0.2, 0.25) is 0 Å². The standard InChI is InChI=1S/C48H33N/c1-2-11-34(12-3-1)35-25-28-42(29-26-35)49(44-19-9-17-40(33-44)47-22-10-15-36-13-4-6-20-45(36)47)43-18-8-16-38(32-43)39-27-30-48-41(31-39)24-23-37-14-5-7-21-46(37)48/h1-33H. The van der Waals surface area contributed by atoms with Gasteiger partial charge in [0, 0.05) is 17.1 Å². The third-order valence-corrected chi connectivity index (χ3v) is 9.62. The summed E-state index contributed by atoms with van der Waals surface area (Å²) in [5.74, 6) is 0. The van der Waals surface area contributed by atoms with Crippen molar-refractivity contribution in [2.45, 2.75) is 0 Å². The van der Waals surface area contributed by atoms with Crippen LogP contribution in [-0.2, 0) is 0 Å². The van der Waals surface area contributed by atoms with Gasteiger partial charge in [-0.15, -0.1) is 0 Å². The molecule has 230 valence electrons. The third kappa shape index (κ3) is 5.42. The van der Waals surface area contributed by atoms with Crippen molar-refractivity contribution in [2.24, 2.45) is 0 Å². The second-order valence-corrected chi connectivity index (χ2v) is 12.6. The lowest BCUT2D eigenvalue weighted by molar-refractivity contribution is 1.28. The number of rotatable bonds is 6. The summed E-state index contributed by atoms with van der Waals surface area (Å²) in [6, 6.07) is 72.5. The molecule has 9 rings (SSSR count). The van der Waals surface area contributed by atoms with E-state index in [1.807, 2.05) is 0 Å². The molecule has 9 aromatic rings. The minimum absolute atomic E-state index is 1.11. The van der Waals surface area contributed by atoms with Crippen LogP contribution < -0.4 is 4.90 Å².